The Morgan fingerprint density at radius 3 is 1.40 bits per heavy atom. The van der Waals surface area contributed by atoms with Gasteiger partial charge in [-0.3, -0.25) is 14.2 Å². The zero-order valence-electron chi connectivity index (χ0n) is 39.1. The Kier molecular flexibility index (Phi) is 40.4. The molecule has 0 heterocycles. The lowest BCUT2D eigenvalue weighted by Crippen LogP contribution is -2.37. The average Bonchev–Trinajstić information content (AvgIpc) is 3.20. The van der Waals surface area contributed by atoms with Crippen molar-refractivity contribution in [3.63, 3.8) is 0 Å². The molecule has 0 bridgehead atoms. The molecule has 0 spiro atoms. The fraction of sp³-hybridized carbons (Fsp3) is 0.760. The third-order valence-electron chi connectivity index (χ3n) is 10.1. The molecule has 0 aliphatic rings. The number of hydrogen-bond acceptors (Lipinski definition) is 8. The molecule has 0 aromatic carbocycles. The number of unbranched alkanes of at least 4 members (excludes halogenated alkanes) is 19. The summed E-state index contributed by atoms with van der Waals surface area (Å²) in [5.74, 6) is -0.900. The van der Waals surface area contributed by atoms with Crippen LogP contribution in [0.1, 0.15) is 194 Å². The van der Waals surface area contributed by atoms with Crippen LogP contribution >= 0.6 is 7.82 Å². The van der Waals surface area contributed by atoms with Crippen LogP contribution in [0.15, 0.2) is 60.8 Å². The van der Waals surface area contributed by atoms with Gasteiger partial charge in [0.15, 0.2) is 6.10 Å². The Morgan fingerprint density at radius 2 is 0.950 bits per heavy atom. The molecule has 9 nitrogen and oxygen atoms in total. The lowest BCUT2D eigenvalue weighted by Gasteiger charge is -2.28. The molecule has 60 heavy (non-hydrogen) atoms. The zero-order valence-corrected chi connectivity index (χ0v) is 40.0. The number of likely N-dealkylation sites (N-methyl/N-ethyl adjacent to an activating group) is 1. The molecule has 348 valence electrons. The average molecular weight is 864 g/mol. The van der Waals surface area contributed by atoms with E-state index in [0.29, 0.717) is 23.9 Å². The molecule has 0 saturated carbocycles. The number of esters is 2. The highest BCUT2D eigenvalue weighted by Crippen LogP contribution is 2.38. The van der Waals surface area contributed by atoms with Gasteiger partial charge in [-0.2, -0.15) is 0 Å². The van der Waals surface area contributed by atoms with Gasteiger partial charge in [0, 0.05) is 12.8 Å². The number of ether oxygens (including phenoxy) is 2. The highest BCUT2D eigenvalue weighted by atomic mass is 31.2. The van der Waals surface area contributed by atoms with Crippen LogP contribution in [0.3, 0.4) is 0 Å². The van der Waals surface area contributed by atoms with E-state index in [1.54, 1.807) is 0 Å². The van der Waals surface area contributed by atoms with E-state index in [1.165, 1.54) is 103 Å². The molecule has 0 N–H and O–H groups in total. The molecular formula is C50H90NO8P. The minimum Gasteiger partial charge on any atom is -0.756 e. The number of nitrogens with zero attached hydrogens (tertiary/aromatic N) is 1. The summed E-state index contributed by atoms with van der Waals surface area (Å²) in [6.45, 7) is 4.06. The fourth-order valence-corrected chi connectivity index (χ4v) is 7.07. The fourth-order valence-electron chi connectivity index (χ4n) is 6.34. The Balaban J connectivity index is 4.36. The second-order valence-electron chi connectivity index (χ2n) is 17.1. The summed E-state index contributed by atoms with van der Waals surface area (Å²) >= 11 is 0. The van der Waals surface area contributed by atoms with Crippen LogP contribution in [-0.4, -0.2) is 70.0 Å². The zero-order chi connectivity index (χ0) is 44.3. The second-order valence-corrected chi connectivity index (χ2v) is 18.5. The summed E-state index contributed by atoms with van der Waals surface area (Å²) in [6, 6.07) is 0. The standard InChI is InChI=1S/C50H90NO8P/c1-6-8-10-12-14-16-18-20-22-24-25-27-28-30-32-34-36-38-40-42-49(52)56-46-48(47-58-60(54,55)57-45-44-51(3,4)5)59-50(53)43-41-39-37-35-33-31-29-26-23-21-19-17-15-13-11-9-7-2/h9,11,15,17,21,23,29,31,35,37,48H,6-8,10,12-14,16,18-20,22,24-28,30,32-34,36,38-47H2,1-5H3/b11-9-,17-15-,23-21-,31-29-,37-35-/t48-/m1/s1. The minimum absolute atomic E-state index is 0.0427. The molecule has 1 unspecified atom stereocenters. The van der Waals surface area contributed by atoms with Crippen molar-refractivity contribution in [3.05, 3.63) is 60.8 Å². The van der Waals surface area contributed by atoms with Gasteiger partial charge in [0.25, 0.3) is 7.82 Å². The van der Waals surface area contributed by atoms with Gasteiger partial charge in [-0.25, -0.2) is 0 Å². The number of carbonyl (C=O) groups excluding carboxylic acids is 2. The Labute approximate surface area is 368 Å². The van der Waals surface area contributed by atoms with Gasteiger partial charge in [0.2, 0.25) is 0 Å². The SMILES string of the molecule is CC/C=C\C/C=C\C/C=C\C/C=C\C/C=C\CCCC(=O)O[C@H](COC(=O)CCCCCCCCCCCCCCCCCCCCC)COP(=O)([O-])OCC[N+](C)(C)C. The van der Waals surface area contributed by atoms with E-state index < -0.39 is 32.5 Å². The van der Waals surface area contributed by atoms with E-state index in [1.807, 2.05) is 27.2 Å². The van der Waals surface area contributed by atoms with Gasteiger partial charge in [-0.1, -0.05) is 190 Å². The number of rotatable bonds is 43. The number of allylic oxidation sites excluding steroid dienone is 10. The molecular weight excluding hydrogens is 774 g/mol. The maximum Gasteiger partial charge on any atom is 0.306 e. The molecule has 0 amide bonds. The van der Waals surface area contributed by atoms with Gasteiger partial charge in [-0.15, -0.1) is 0 Å². The van der Waals surface area contributed by atoms with Crippen LogP contribution < -0.4 is 4.89 Å². The molecule has 0 rings (SSSR count). The van der Waals surface area contributed by atoms with Crippen molar-refractivity contribution in [1.82, 2.24) is 0 Å². The first-order valence-corrected chi connectivity index (χ1v) is 25.5. The monoisotopic (exact) mass is 864 g/mol. The van der Waals surface area contributed by atoms with Crippen molar-refractivity contribution in [1.29, 1.82) is 0 Å². The third kappa shape index (κ3) is 45.2. The molecule has 0 aromatic rings. The number of hydrogen-bond donors (Lipinski definition) is 0. The van der Waals surface area contributed by atoms with E-state index in [9.17, 15) is 19.0 Å². The van der Waals surface area contributed by atoms with Crippen LogP contribution in [0.25, 0.3) is 0 Å². The number of phosphoric ester groups is 1. The quantitative estimate of drug-likeness (QED) is 0.0196. The van der Waals surface area contributed by atoms with Gasteiger partial charge >= 0.3 is 11.9 Å². The predicted octanol–water partition coefficient (Wildman–Crippen LogP) is 13.4. The lowest BCUT2D eigenvalue weighted by molar-refractivity contribution is -0.870. The van der Waals surface area contributed by atoms with Crippen LogP contribution in [-0.2, 0) is 32.7 Å². The summed E-state index contributed by atoms with van der Waals surface area (Å²) in [4.78, 5) is 37.6. The van der Waals surface area contributed by atoms with Crippen molar-refractivity contribution in [2.75, 3.05) is 47.5 Å². The second kappa shape index (κ2) is 42.0. The summed E-state index contributed by atoms with van der Waals surface area (Å²) in [5.41, 5.74) is 0. The maximum atomic E-state index is 12.7. The third-order valence-corrected chi connectivity index (χ3v) is 11.0. The number of quaternary nitrogens is 1. The predicted molar refractivity (Wildman–Crippen MR) is 250 cm³/mol. The summed E-state index contributed by atoms with van der Waals surface area (Å²) in [5, 5.41) is 0. The topological polar surface area (TPSA) is 111 Å². The maximum absolute atomic E-state index is 12.7. The normalized spacial score (nSPS) is 14.0. The Bertz CT molecular complexity index is 1210. The largest absolute Gasteiger partial charge is 0.756 e. The molecule has 0 fully saturated rings. The molecule has 0 radical (unpaired) electrons. The number of phosphoric acid groups is 1. The van der Waals surface area contributed by atoms with Crippen LogP contribution in [0, 0.1) is 0 Å². The smallest absolute Gasteiger partial charge is 0.306 e. The van der Waals surface area contributed by atoms with Crippen molar-refractivity contribution in [3.8, 4) is 0 Å². The molecule has 2 atom stereocenters. The van der Waals surface area contributed by atoms with Crippen LogP contribution in [0.4, 0.5) is 0 Å². The van der Waals surface area contributed by atoms with Crippen molar-refractivity contribution in [2.45, 2.75) is 200 Å². The Morgan fingerprint density at radius 1 is 0.533 bits per heavy atom. The van der Waals surface area contributed by atoms with Crippen molar-refractivity contribution < 1.29 is 42.1 Å². The van der Waals surface area contributed by atoms with E-state index in [0.717, 1.165) is 51.4 Å². The lowest BCUT2D eigenvalue weighted by atomic mass is 10.0. The summed E-state index contributed by atoms with van der Waals surface area (Å²) in [6.07, 6.45) is 51.2. The van der Waals surface area contributed by atoms with E-state index >= 15 is 0 Å². The first-order chi connectivity index (χ1) is 29.0. The first kappa shape index (κ1) is 57.7. The molecule has 0 aromatic heterocycles. The molecule has 10 heteroatoms. The summed E-state index contributed by atoms with van der Waals surface area (Å²) in [7, 11) is 1.13. The van der Waals surface area contributed by atoms with Crippen molar-refractivity contribution in [2.24, 2.45) is 0 Å². The molecule has 0 saturated heterocycles. The first-order valence-electron chi connectivity index (χ1n) is 24.0. The molecule has 0 aliphatic heterocycles. The number of carbonyl (C=O) groups is 2. The summed E-state index contributed by atoms with van der Waals surface area (Å²) < 4.78 is 33.9. The highest BCUT2D eigenvalue weighted by Gasteiger charge is 2.21. The molecule has 0 aliphatic carbocycles. The minimum atomic E-state index is -4.64. The Hall–Kier alpha value is -2.29. The van der Waals surface area contributed by atoms with E-state index in [4.69, 9.17) is 18.5 Å². The van der Waals surface area contributed by atoms with E-state index in [-0.39, 0.29) is 26.1 Å². The van der Waals surface area contributed by atoms with Crippen molar-refractivity contribution >= 4 is 19.8 Å². The van der Waals surface area contributed by atoms with E-state index in [2.05, 4.69) is 68.5 Å². The van der Waals surface area contributed by atoms with Gasteiger partial charge in [-0.05, 0) is 51.4 Å². The van der Waals surface area contributed by atoms with Gasteiger partial charge in [0.1, 0.15) is 19.8 Å². The van der Waals surface area contributed by atoms with Crippen LogP contribution in [0.5, 0.6) is 0 Å². The van der Waals surface area contributed by atoms with Gasteiger partial charge < -0.3 is 27.9 Å². The van der Waals surface area contributed by atoms with Crippen LogP contribution in [0.2, 0.25) is 0 Å². The highest BCUT2D eigenvalue weighted by molar-refractivity contribution is 7.45. The van der Waals surface area contributed by atoms with Gasteiger partial charge in [0.05, 0.1) is 27.7 Å².